The summed E-state index contributed by atoms with van der Waals surface area (Å²) in [5.41, 5.74) is 0.214. The topological polar surface area (TPSA) is 79.0 Å². The third kappa shape index (κ3) is 4.23. The molecule has 1 N–H and O–H groups in total. The fourth-order valence-electron chi connectivity index (χ4n) is 3.47. The van der Waals surface area contributed by atoms with E-state index < -0.39 is 5.41 Å². The van der Waals surface area contributed by atoms with Crippen LogP contribution in [0.5, 0.6) is 5.75 Å². The second-order valence-corrected chi connectivity index (χ2v) is 7.23. The van der Waals surface area contributed by atoms with Crippen molar-refractivity contribution >= 4 is 17.7 Å². The zero-order chi connectivity index (χ0) is 19.4. The maximum atomic E-state index is 12.9. The van der Waals surface area contributed by atoms with Crippen LogP contribution in [0, 0.1) is 5.41 Å². The highest BCUT2D eigenvalue weighted by Gasteiger charge is 2.58. The minimum Gasteiger partial charge on any atom is -0.497 e. The number of hydrogen-bond acceptors (Lipinski definition) is 4. The van der Waals surface area contributed by atoms with Crippen LogP contribution in [0.25, 0.3) is 0 Å². The largest absolute Gasteiger partial charge is 0.497 e. The van der Waals surface area contributed by atoms with E-state index in [9.17, 15) is 14.4 Å². The molecule has 2 fully saturated rings. The molecule has 146 valence electrons. The van der Waals surface area contributed by atoms with Gasteiger partial charge in [0.2, 0.25) is 17.7 Å². The van der Waals surface area contributed by atoms with E-state index in [-0.39, 0.29) is 17.7 Å². The van der Waals surface area contributed by atoms with Crippen molar-refractivity contribution in [3.05, 3.63) is 29.8 Å². The van der Waals surface area contributed by atoms with E-state index in [1.165, 1.54) is 6.92 Å². The Hall–Kier alpha value is -2.57. The van der Waals surface area contributed by atoms with E-state index >= 15 is 0 Å². The Morgan fingerprint density at radius 3 is 2.15 bits per heavy atom. The van der Waals surface area contributed by atoms with Gasteiger partial charge in [-0.2, -0.15) is 0 Å². The summed E-state index contributed by atoms with van der Waals surface area (Å²) in [5, 5.41) is 2.93. The lowest BCUT2D eigenvalue weighted by atomic mass is 10.0. The van der Waals surface area contributed by atoms with E-state index in [2.05, 4.69) is 5.32 Å². The second-order valence-electron chi connectivity index (χ2n) is 7.23. The van der Waals surface area contributed by atoms with Crippen molar-refractivity contribution in [2.24, 2.45) is 5.41 Å². The number of nitrogens with zero attached hydrogens (tertiary/aromatic N) is 2. The third-order valence-corrected chi connectivity index (χ3v) is 5.46. The smallest absolute Gasteiger partial charge is 0.238 e. The minimum atomic E-state index is -0.891. The average Bonchev–Trinajstić information content (AvgIpc) is 3.50. The predicted octanol–water partition coefficient (Wildman–Crippen LogP) is 0.825. The van der Waals surface area contributed by atoms with Crippen molar-refractivity contribution in [3.8, 4) is 5.75 Å². The molecule has 0 atom stereocenters. The molecule has 1 aliphatic carbocycles. The van der Waals surface area contributed by atoms with Crippen LogP contribution in [0.1, 0.15) is 25.3 Å². The summed E-state index contributed by atoms with van der Waals surface area (Å²) in [4.78, 5) is 40.4. The van der Waals surface area contributed by atoms with Crippen molar-refractivity contribution in [2.75, 3.05) is 39.8 Å². The molecule has 1 aromatic rings. The Morgan fingerprint density at radius 1 is 1.04 bits per heavy atom. The molecule has 1 saturated carbocycles. The summed E-state index contributed by atoms with van der Waals surface area (Å²) in [7, 11) is 1.63. The molecule has 0 radical (unpaired) electrons. The average molecular weight is 373 g/mol. The lowest BCUT2D eigenvalue weighted by Crippen LogP contribution is -2.54. The molecular weight excluding hydrogens is 346 g/mol. The van der Waals surface area contributed by atoms with Crippen LogP contribution < -0.4 is 10.1 Å². The lowest BCUT2D eigenvalue weighted by molar-refractivity contribution is -0.147. The van der Waals surface area contributed by atoms with Gasteiger partial charge in [-0.1, -0.05) is 12.1 Å². The Bertz CT molecular complexity index is 704. The molecule has 7 heteroatoms. The van der Waals surface area contributed by atoms with Crippen LogP contribution in [-0.4, -0.2) is 67.4 Å². The molecule has 27 heavy (non-hydrogen) atoms. The molecule has 3 amide bonds. The van der Waals surface area contributed by atoms with Gasteiger partial charge in [0, 0.05) is 39.6 Å². The number of carbonyl (C=O) groups excluding carboxylic acids is 3. The highest BCUT2D eigenvalue weighted by atomic mass is 16.5. The Kier molecular flexibility index (Phi) is 5.68. The normalized spacial score (nSPS) is 18.0. The fraction of sp³-hybridized carbons (Fsp3) is 0.550. The van der Waals surface area contributed by atoms with E-state index in [0.29, 0.717) is 52.0 Å². The second kappa shape index (κ2) is 7.98. The molecule has 1 aromatic carbocycles. The molecule has 0 aromatic heterocycles. The van der Waals surface area contributed by atoms with Crippen molar-refractivity contribution in [1.82, 2.24) is 15.1 Å². The molecule has 3 rings (SSSR count). The van der Waals surface area contributed by atoms with Gasteiger partial charge in [-0.25, -0.2) is 0 Å². The predicted molar refractivity (Wildman–Crippen MR) is 100 cm³/mol. The molecule has 1 saturated heterocycles. The van der Waals surface area contributed by atoms with Gasteiger partial charge < -0.3 is 19.9 Å². The number of methoxy groups -OCH3 is 1. The molecular formula is C20H27N3O4. The Morgan fingerprint density at radius 2 is 1.63 bits per heavy atom. The first kappa shape index (κ1) is 19.2. The zero-order valence-corrected chi connectivity index (χ0v) is 16.0. The minimum absolute atomic E-state index is 0.0273. The van der Waals surface area contributed by atoms with Crippen LogP contribution >= 0.6 is 0 Å². The standard InChI is InChI=1S/C20H27N3O4/c1-15(24)22-11-13-23(14-12-22)19(26)20(8-9-20)18(25)21-10-7-16-3-5-17(27-2)6-4-16/h3-6H,7-14H2,1-2H3,(H,21,25). The SMILES string of the molecule is COc1ccc(CCNC(=O)C2(C(=O)N3CCN(C(C)=O)CC3)CC2)cc1. The molecule has 1 aliphatic heterocycles. The number of nitrogens with one attached hydrogen (secondary N) is 1. The van der Waals surface area contributed by atoms with Crippen molar-refractivity contribution in [2.45, 2.75) is 26.2 Å². The monoisotopic (exact) mass is 373 g/mol. The van der Waals surface area contributed by atoms with Gasteiger partial charge in [-0.15, -0.1) is 0 Å². The van der Waals surface area contributed by atoms with E-state index in [1.807, 2.05) is 24.3 Å². The zero-order valence-electron chi connectivity index (χ0n) is 16.0. The summed E-state index contributed by atoms with van der Waals surface area (Å²) in [6, 6.07) is 7.72. The van der Waals surface area contributed by atoms with E-state index in [4.69, 9.17) is 4.74 Å². The Labute approximate surface area is 159 Å². The van der Waals surface area contributed by atoms with Crippen LogP contribution in [0.2, 0.25) is 0 Å². The van der Waals surface area contributed by atoms with Crippen molar-refractivity contribution in [3.63, 3.8) is 0 Å². The summed E-state index contributed by atoms with van der Waals surface area (Å²) in [6.07, 6.45) is 1.91. The molecule has 0 spiro atoms. The van der Waals surface area contributed by atoms with Gasteiger partial charge in [0.15, 0.2) is 0 Å². The number of ether oxygens (including phenoxy) is 1. The lowest BCUT2D eigenvalue weighted by Gasteiger charge is -2.35. The first-order chi connectivity index (χ1) is 13.0. The van der Waals surface area contributed by atoms with Gasteiger partial charge in [0.25, 0.3) is 0 Å². The van der Waals surface area contributed by atoms with Gasteiger partial charge in [-0.05, 0) is 37.0 Å². The molecule has 0 unspecified atom stereocenters. The fourth-order valence-corrected chi connectivity index (χ4v) is 3.47. The van der Waals surface area contributed by atoms with Gasteiger partial charge in [0.1, 0.15) is 11.2 Å². The molecule has 2 aliphatic rings. The number of benzene rings is 1. The highest BCUT2D eigenvalue weighted by Crippen LogP contribution is 2.47. The summed E-state index contributed by atoms with van der Waals surface area (Å²) in [6.45, 7) is 4.11. The maximum Gasteiger partial charge on any atom is 0.238 e. The van der Waals surface area contributed by atoms with E-state index in [1.54, 1.807) is 16.9 Å². The summed E-state index contributed by atoms with van der Waals surface area (Å²) in [5.74, 6) is 0.567. The number of rotatable bonds is 6. The summed E-state index contributed by atoms with van der Waals surface area (Å²) >= 11 is 0. The van der Waals surface area contributed by atoms with Crippen molar-refractivity contribution < 1.29 is 19.1 Å². The quantitative estimate of drug-likeness (QED) is 0.749. The molecule has 7 nitrogen and oxygen atoms in total. The molecule has 1 heterocycles. The van der Waals surface area contributed by atoms with Gasteiger partial charge in [-0.3, -0.25) is 14.4 Å². The van der Waals surface area contributed by atoms with E-state index in [0.717, 1.165) is 11.3 Å². The first-order valence-electron chi connectivity index (χ1n) is 9.42. The number of amides is 3. The maximum absolute atomic E-state index is 12.9. The number of piperazine rings is 1. The summed E-state index contributed by atoms with van der Waals surface area (Å²) < 4.78 is 5.13. The van der Waals surface area contributed by atoms with Crippen LogP contribution in [0.4, 0.5) is 0 Å². The number of carbonyl (C=O) groups is 3. The van der Waals surface area contributed by atoms with Crippen LogP contribution in [0.3, 0.4) is 0 Å². The van der Waals surface area contributed by atoms with Crippen LogP contribution in [-0.2, 0) is 20.8 Å². The first-order valence-corrected chi connectivity index (χ1v) is 9.42. The Balaban J connectivity index is 1.48. The van der Waals surface area contributed by atoms with Gasteiger partial charge >= 0.3 is 0 Å². The van der Waals surface area contributed by atoms with Crippen molar-refractivity contribution in [1.29, 1.82) is 0 Å². The van der Waals surface area contributed by atoms with Gasteiger partial charge in [0.05, 0.1) is 7.11 Å². The highest BCUT2D eigenvalue weighted by molar-refractivity contribution is 6.07. The third-order valence-electron chi connectivity index (χ3n) is 5.46. The molecule has 0 bridgehead atoms. The van der Waals surface area contributed by atoms with Crippen LogP contribution in [0.15, 0.2) is 24.3 Å². The number of hydrogen-bond donors (Lipinski definition) is 1.